The third-order valence-corrected chi connectivity index (χ3v) is 4.26. The molecule has 1 amide bonds. The van der Waals surface area contributed by atoms with Crippen molar-refractivity contribution in [3.05, 3.63) is 23.2 Å². The van der Waals surface area contributed by atoms with Crippen LogP contribution < -0.4 is 11.1 Å². The lowest BCUT2D eigenvalue weighted by Crippen LogP contribution is -2.45. The van der Waals surface area contributed by atoms with Crippen LogP contribution in [0.5, 0.6) is 0 Å². The SMILES string of the molecule is CC(C)(C)CC(C)(C)NC(=O)c1sc2ncccc2c1N. The molecule has 0 aliphatic carbocycles. The van der Waals surface area contributed by atoms with Crippen LogP contribution in [0.25, 0.3) is 10.2 Å². The Morgan fingerprint density at radius 2 is 2.00 bits per heavy atom. The van der Waals surface area contributed by atoms with E-state index in [1.165, 1.54) is 11.3 Å². The largest absolute Gasteiger partial charge is 0.397 e. The van der Waals surface area contributed by atoms with Crippen molar-refractivity contribution in [2.45, 2.75) is 46.6 Å². The van der Waals surface area contributed by atoms with Gasteiger partial charge in [0.1, 0.15) is 9.71 Å². The lowest BCUT2D eigenvalue weighted by atomic mass is 9.82. The molecule has 0 aliphatic heterocycles. The molecule has 2 heterocycles. The summed E-state index contributed by atoms with van der Waals surface area (Å²) in [5.74, 6) is -0.121. The molecule has 0 atom stereocenters. The number of carbonyl (C=O) groups is 1. The normalized spacial score (nSPS) is 12.6. The van der Waals surface area contributed by atoms with Crippen LogP contribution >= 0.6 is 11.3 Å². The fourth-order valence-electron chi connectivity index (χ4n) is 2.85. The summed E-state index contributed by atoms with van der Waals surface area (Å²) in [4.78, 5) is 18.1. The average molecular weight is 305 g/mol. The van der Waals surface area contributed by atoms with Gasteiger partial charge in [0.15, 0.2) is 0 Å². The minimum atomic E-state index is -0.286. The van der Waals surface area contributed by atoms with Crippen LogP contribution in [0.1, 0.15) is 50.7 Å². The zero-order valence-electron chi connectivity index (χ0n) is 13.3. The standard InChI is InChI=1S/C16H23N3OS/c1-15(2,3)9-16(4,5)19-13(20)12-11(17)10-7-6-8-18-14(10)21-12/h6-8H,9,17H2,1-5H3,(H,19,20). The maximum Gasteiger partial charge on any atom is 0.263 e. The number of nitrogens with zero attached hydrogens (tertiary/aromatic N) is 1. The first-order valence-corrected chi connectivity index (χ1v) is 7.86. The molecule has 21 heavy (non-hydrogen) atoms. The van der Waals surface area contributed by atoms with Crippen molar-refractivity contribution >= 4 is 33.1 Å². The van der Waals surface area contributed by atoms with Crippen LogP contribution in [0, 0.1) is 5.41 Å². The van der Waals surface area contributed by atoms with Gasteiger partial charge in [-0.3, -0.25) is 4.79 Å². The molecule has 2 aromatic heterocycles. The lowest BCUT2D eigenvalue weighted by molar-refractivity contribution is 0.0896. The van der Waals surface area contributed by atoms with Crippen LogP contribution in [0.4, 0.5) is 5.69 Å². The Hall–Kier alpha value is -1.62. The second-order valence-electron chi connectivity index (χ2n) is 7.28. The van der Waals surface area contributed by atoms with Gasteiger partial charge >= 0.3 is 0 Å². The Kier molecular flexibility index (Phi) is 3.97. The lowest BCUT2D eigenvalue weighted by Gasteiger charge is -2.33. The Morgan fingerprint density at radius 3 is 2.57 bits per heavy atom. The van der Waals surface area contributed by atoms with E-state index in [0.717, 1.165) is 16.6 Å². The van der Waals surface area contributed by atoms with Crippen molar-refractivity contribution in [1.82, 2.24) is 10.3 Å². The molecule has 0 spiro atoms. The number of nitrogens with one attached hydrogen (secondary N) is 1. The molecule has 2 rings (SSSR count). The number of hydrogen-bond acceptors (Lipinski definition) is 4. The quantitative estimate of drug-likeness (QED) is 0.905. The second-order valence-corrected chi connectivity index (χ2v) is 8.28. The third-order valence-electron chi connectivity index (χ3n) is 3.14. The number of aromatic nitrogens is 1. The molecular formula is C16H23N3OS. The smallest absolute Gasteiger partial charge is 0.263 e. The van der Waals surface area contributed by atoms with Crippen molar-refractivity contribution in [2.75, 3.05) is 5.73 Å². The number of carbonyl (C=O) groups excluding carboxylic acids is 1. The van der Waals surface area contributed by atoms with Gasteiger partial charge in [0.2, 0.25) is 0 Å². The Balaban J connectivity index is 2.25. The number of pyridine rings is 1. The van der Waals surface area contributed by atoms with Gasteiger partial charge in [-0.15, -0.1) is 11.3 Å². The number of nitrogens with two attached hydrogens (primary N) is 1. The minimum absolute atomic E-state index is 0.121. The predicted octanol–water partition coefficient (Wildman–Crippen LogP) is 3.82. The van der Waals surface area contributed by atoms with Gasteiger partial charge in [0.05, 0.1) is 5.69 Å². The minimum Gasteiger partial charge on any atom is -0.397 e. The van der Waals surface area contributed by atoms with E-state index >= 15 is 0 Å². The summed E-state index contributed by atoms with van der Waals surface area (Å²) in [6.45, 7) is 10.6. The number of rotatable bonds is 3. The van der Waals surface area contributed by atoms with Gasteiger partial charge in [0.25, 0.3) is 5.91 Å². The average Bonchev–Trinajstić information content (AvgIpc) is 2.64. The Morgan fingerprint density at radius 1 is 1.33 bits per heavy atom. The summed E-state index contributed by atoms with van der Waals surface area (Å²) in [6, 6.07) is 3.72. The molecule has 0 aliphatic rings. The second kappa shape index (κ2) is 5.30. The van der Waals surface area contributed by atoms with Crippen molar-refractivity contribution in [3.8, 4) is 0 Å². The molecule has 0 radical (unpaired) electrons. The molecule has 0 aromatic carbocycles. The molecule has 2 aromatic rings. The van der Waals surface area contributed by atoms with Gasteiger partial charge in [-0.2, -0.15) is 0 Å². The van der Waals surface area contributed by atoms with Crippen molar-refractivity contribution in [3.63, 3.8) is 0 Å². The molecular weight excluding hydrogens is 282 g/mol. The van der Waals surface area contributed by atoms with E-state index in [2.05, 4.69) is 31.1 Å². The molecule has 0 bridgehead atoms. The van der Waals surface area contributed by atoms with Gasteiger partial charge in [-0.1, -0.05) is 20.8 Å². The first-order chi connectivity index (χ1) is 9.59. The maximum absolute atomic E-state index is 12.5. The fraction of sp³-hybridized carbons (Fsp3) is 0.500. The summed E-state index contributed by atoms with van der Waals surface area (Å²) >= 11 is 1.34. The maximum atomic E-state index is 12.5. The molecule has 0 saturated carbocycles. The molecule has 0 unspecified atom stereocenters. The van der Waals surface area contributed by atoms with E-state index < -0.39 is 0 Å². The number of thiophene rings is 1. The Labute approximate surface area is 129 Å². The van der Waals surface area contributed by atoms with Gasteiger partial charge < -0.3 is 11.1 Å². The third kappa shape index (κ3) is 3.73. The number of hydrogen-bond donors (Lipinski definition) is 2. The van der Waals surface area contributed by atoms with E-state index in [0.29, 0.717) is 10.6 Å². The first-order valence-electron chi connectivity index (χ1n) is 7.05. The van der Waals surface area contributed by atoms with E-state index in [9.17, 15) is 4.79 Å². The molecule has 0 fully saturated rings. The molecule has 4 nitrogen and oxygen atoms in total. The summed E-state index contributed by atoms with van der Waals surface area (Å²) < 4.78 is 0. The Bertz CT molecular complexity index is 668. The van der Waals surface area contributed by atoms with E-state index in [1.807, 2.05) is 26.0 Å². The van der Waals surface area contributed by atoms with E-state index in [-0.39, 0.29) is 16.9 Å². The molecule has 0 saturated heterocycles. The monoisotopic (exact) mass is 305 g/mol. The number of nitrogen functional groups attached to an aromatic ring is 1. The molecule has 114 valence electrons. The number of fused-ring (bicyclic) bond motifs is 1. The topological polar surface area (TPSA) is 68.0 Å². The van der Waals surface area contributed by atoms with Crippen LogP contribution in [0.2, 0.25) is 0 Å². The summed E-state index contributed by atoms with van der Waals surface area (Å²) in [5, 5.41) is 3.94. The van der Waals surface area contributed by atoms with Gasteiger partial charge in [-0.05, 0) is 37.8 Å². The van der Waals surface area contributed by atoms with Crippen LogP contribution in [0.3, 0.4) is 0 Å². The van der Waals surface area contributed by atoms with E-state index in [1.54, 1.807) is 6.20 Å². The van der Waals surface area contributed by atoms with Gasteiger partial charge in [0, 0.05) is 17.1 Å². The zero-order chi connectivity index (χ0) is 15.8. The highest BCUT2D eigenvalue weighted by Gasteiger charge is 2.28. The number of amides is 1. The van der Waals surface area contributed by atoms with Crippen LogP contribution in [-0.4, -0.2) is 16.4 Å². The van der Waals surface area contributed by atoms with Crippen molar-refractivity contribution in [1.29, 1.82) is 0 Å². The molecule has 3 N–H and O–H groups in total. The summed E-state index contributed by atoms with van der Waals surface area (Å²) in [7, 11) is 0. The summed E-state index contributed by atoms with van der Waals surface area (Å²) in [6.07, 6.45) is 2.60. The first kappa shape index (κ1) is 15.8. The summed E-state index contributed by atoms with van der Waals surface area (Å²) in [5.41, 5.74) is 6.47. The molecule has 5 heteroatoms. The van der Waals surface area contributed by atoms with Crippen LogP contribution in [-0.2, 0) is 0 Å². The van der Waals surface area contributed by atoms with Crippen molar-refractivity contribution < 1.29 is 4.79 Å². The van der Waals surface area contributed by atoms with E-state index in [4.69, 9.17) is 5.73 Å². The predicted molar refractivity (Wildman–Crippen MR) is 89.6 cm³/mol. The highest BCUT2D eigenvalue weighted by atomic mass is 32.1. The number of anilines is 1. The highest BCUT2D eigenvalue weighted by Crippen LogP contribution is 2.33. The zero-order valence-corrected chi connectivity index (χ0v) is 14.1. The highest BCUT2D eigenvalue weighted by molar-refractivity contribution is 7.21. The van der Waals surface area contributed by atoms with Crippen LogP contribution in [0.15, 0.2) is 18.3 Å². The fourth-order valence-corrected chi connectivity index (χ4v) is 3.81. The van der Waals surface area contributed by atoms with Gasteiger partial charge in [-0.25, -0.2) is 4.98 Å². The van der Waals surface area contributed by atoms with Crippen molar-refractivity contribution in [2.24, 2.45) is 5.41 Å².